The lowest BCUT2D eigenvalue weighted by molar-refractivity contribution is 0.481. The van der Waals surface area contributed by atoms with E-state index in [1.54, 1.807) is 6.33 Å². The van der Waals surface area contributed by atoms with Crippen molar-refractivity contribution >= 4 is 5.82 Å². The van der Waals surface area contributed by atoms with E-state index in [0.717, 1.165) is 32.5 Å². The monoisotopic (exact) mass is 218 g/mol. The van der Waals surface area contributed by atoms with E-state index in [2.05, 4.69) is 27.1 Å². The molecule has 1 fully saturated rings. The van der Waals surface area contributed by atoms with Gasteiger partial charge in [-0.05, 0) is 26.2 Å². The number of nitrogens with one attached hydrogen (secondary N) is 1. The third-order valence-electron chi connectivity index (χ3n) is 3.52. The Bertz CT molecular complexity index is 391. The van der Waals surface area contributed by atoms with Crippen LogP contribution in [-0.4, -0.2) is 35.6 Å². The molecule has 1 aromatic rings. The maximum Gasteiger partial charge on any atom is 0.135 e. The Kier molecular flexibility index (Phi) is 2.52. The average molecular weight is 218 g/mol. The summed E-state index contributed by atoms with van der Waals surface area (Å²) in [7, 11) is 0. The average Bonchev–Trinajstić information content (AvgIpc) is 2.76. The predicted octanol–water partition coefficient (Wildman–Crippen LogP) is 0.763. The smallest absolute Gasteiger partial charge is 0.135 e. The van der Waals surface area contributed by atoms with Gasteiger partial charge in [-0.15, -0.1) is 0 Å². The quantitative estimate of drug-likeness (QED) is 0.755. The molecule has 4 nitrogen and oxygen atoms in total. The minimum Gasteiger partial charge on any atom is -0.353 e. The van der Waals surface area contributed by atoms with Crippen molar-refractivity contribution in [1.82, 2.24) is 15.3 Å². The predicted molar refractivity (Wildman–Crippen MR) is 63.7 cm³/mol. The van der Waals surface area contributed by atoms with Gasteiger partial charge in [0.05, 0.1) is 0 Å². The van der Waals surface area contributed by atoms with Gasteiger partial charge in [0.15, 0.2) is 0 Å². The highest BCUT2D eigenvalue weighted by atomic mass is 15.2. The zero-order valence-corrected chi connectivity index (χ0v) is 9.74. The summed E-state index contributed by atoms with van der Waals surface area (Å²) in [5.41, 5.74) is 2.67. The molecule has 0 amide bonds. The molecule has 16 heavy (non-hydrogen) atoms. The van der Waals surface area contributed by atoms with Gasteiger partial charge in [0.25, 0.3) is 0 Å². The highest BCUT2D eigenvalue weighted by molar-refractivity contribution is 5.50. The molecule has 0 spiro atoms. The molecule has 1 aromatic heterocycles. The van der Waals surface area contributed by atoms with Gasteiger partial charge in [0.1, 0.15) is 12.1 Å². The fourth-order valence-electron chi connectivity index (χ4n) is 2.74. The molecule has 1 N–H and O–H groups in total. The summed E-state index contributed by atoms with van der Waals surface area (Å²) in [6.07, 6.45) is 5.26. The molecular formula is C12H18N4. The highest BCUT2D eigenvalue weighted by Crippen LogP contribution is 2.28. The number of aromatic nitrogens is 2. The van der Waals surface area contributed by atoms with Crippen molar-refractivity contribution < 1.29 is 0 Å². The van der Waals surface area contributed by atoms with Gasteiger partial charge in [-0.1, -0.05) is 0 Å². The number of anilines is 1. The minimum absolute atomic E-state index is 0.556. The normalized spacial score (nSPS) is 24.6. The summed E-state index contributed by atoms with van der Waals surface area (Å²) in [5, 5.41) is 3.46. The second-order valence-electron chi connectivity index (χ2n) is 4.78. The molecule has 3 rings (SSSR count). The van der Waals surface area contributed by atoms with Crippen molar-refractivity contribution in [2.45, 2.75) is 32.2 Å². The van der Waals surface area contributed by atoms with Crippen LogP contribution in [0, 0.1) is 0 Å². The van der Waals surface area contributed by atoms with Crippen LogP contribution in [0.1, 0.15) is 24.6 Å². The third-order valence-corrected chi connectivity index (χ3v) is 3.52. The molecule has 0 radical (unpaired) electrons. The molecule has 1 aliphatic heterocycles. The summed E-state index contributed by atoms with van der Waals surface area (Å²) in [4.78, 5) is 11.3. The Morgan fingerprint density at radius 2 is 2.31 bits per heavy atom. The van der Waals surface area contributed by atoms with Gasteiger partial charge in [0.2, 0.25) is 0 Å². The number of piperazine rings is 1. The van der Waals surface area contributed by atoms with Crippen LogP contribution >= 0.6 is 0 Å². The molecule has 2 heterocycles. The summed E-state index contributed by atoms with van der Waals surface area (Å²) in [5.74, 6) is 1.19. The third kappa shape index (κ3) is 1.67. The van der Waals surface area contributed by atoms with E-state index in [1.165, 1.54) is 23.5 Å². The molecule has 0 unspecified atom stereocenters. The lowest BCUT2D eigenvalue weighted by Crippen LogP contribution is -2.49. The maximum absolute atomic E-state index is 4.50. The molecule has 4 heteroatoms. The van der Waals surface area contributed by atoms with Crippen LogP contribution in [0.25, 0.3) is 0 Å². The Morgan fingerprint density at radius 3 is 3.19 bits per heavy atom. The van der Waals surface area contributed by atoms with E-state index < -0.39 is 0 Å². The van der Waals surface area contributed by atoms with E-state index in [9.17, 15) is 0 Å². The van der Waals surface area contributed by atoms with Crippen LogP contribution < -0.4 is 10.2 Å². The van der Waals surface area contributed by atoms with Crippen molar-refractivity contribution in [3.05, 3.63) is 17.6 Å². The lowest BCUT2D eigenvalue weighted by Gasteiger charge is -2.33. The highest BCUT2D eigenvalue weighted by Gasteiger charge is 2.23. The number of rotatable bonds is 1. The van der Waals surface area contributed by atoms with Gasteiger partial charge in [-0.3, -0.25) is 0 Å². The standard InChI is InChI=1S/C12H18N4/c1-9-7-16(6-5-13-9)12-10-3-2-4-11(10)14-8-15-12/h8-9,13H,2-7H2,1H3/t9-/m1/s1. The topological polar surface area (TPSA) is 41.1 Å². The second-order valence-corrected chi connectivity index (χ2v) is 4.78. The van der Waals surface area contributed by atoms with Gasteiger partial charge in [0, 0.05) is 36.9 Å². The van der Waals surface area contributed by atoms with E-state index in [1.807, 2.05) is 0 Å². The molecule has 0 bridgehead atoms. The van der Waals surface area contributed by atoms with Crippen molar-refractivity contribution in [3.8, 4) is 0 Å². The Balaban J connectivity index is 1.91. The number of hydrogen-bond donors (Lipinski definition) is 1. The molecule has 1 aliphatic carbocycles. The van der Waals surface area contributed by atoms with Crippen LogP contribution in [0.15, 0.2) is 6.33 Å². The number of aryl methyl sites for hydroxylation is 1. The number of fused-ring (bicyclic) bond motifs is 1. The molecule has 1 atom stereocenters. The fourth-order valence-corrected chi connectivity index (χ4v) is 2.74. The van der Waals surface area contributed by atoms with E-state index in [-0.39, 0.29) is 0 Å². The first-order valence-corrected chi connectivity index (χ1v) is 6.15. The molecule has 1 saturated heterocycles. The summed E-state index contributed by atoms with van der Waals surface area (Å²) in [6.45, 7) is 5.41. The van der Waals surface area contributed by atoms with Gasteiger partial charge >= 0.3 is 0 Å². The first-order valence-electron chi connectivity index (χ1n) is 6.15. The zero-order valence-electron chi connectivity index (χ0n) is 9.74. The first kappa shape index (κ1) is 10.0. The molecule has 0 saturated carbocycles. The molecule has 86 valence electrons. The van der Waals surface area contributed by atoms with Crippen molar-refractivity contribution in [3.63, 3.8) is 0 Å². The molecular weight excluding hydrogens is 200 g/mol. The largest absolute Gasteiger partial charge is 0.353 e. The van der Waals surface area contributed by atoms with Gasteiger partial charge in [-0.2, -0.15) is 0 Å². The van der Waals surface area contributed by atoms with Crippen molar-refractivity contribution in [2.75, 3.05) is 24.5 Å². The maximum atomic E-state index is 4.50. The Labute approximate surface area is 96.1 Å². The van der Waals surface area contributed by atoms with Crippen LogP contribution in [0.4, 0.5) is 5.82 Å². The Hall–Kier alpha value is -1.16. The zero-order chi connectivity index (χ0) is 11.0. The van der Waals surface area contributed by atoms with Gasteiger partial charge in [-0.25, -0.2) is 9.97 Å². The Morgan fingerprint density at radius 1 is 1.38 bits per heavy atom. The molecule has 0 aromatic carbocycles. The van der Waals surface area contributed by atoms with E-state index in [0.29, 0.717) is 6.04 Å². The fraction of sp³-hybridized carbons (Fsp3) is 0.667. The number of nitrogens with zero attached hydrogens (tertiary/aromatic N) is 3. The van der Waals surface area contributed by atoms with Crippen LogP contribution in [0.5, 0.6) is 0 Å². The SMILES string of the molecule is C[C@@H]1CN(c2ncnc3c2CCC3)CCN1. The molecule has 2 aliphatic rings. The summed E-state index contributed by atoms with van der Waals surface area (Å²) < 4.78 is 0. The lowest BCUT2D eigenvalue weighted by atomic mass is 10.2. The van der Waals surface area contributed by atoms with Crippen LogP contribution in [-0.2, 0) is 12.8 Å². The van der Waals surface area contributed by atoms with Crippen molar-refractivity contribution in [2.24, 2.45) is 0 Å². The summed E-state index contributed by atoms with van der Waals surface area (Å²) >= 11 is 0. The first-order chi connectivity index (χ1) is 7.84. The summed E-state index contributed by atoms with van der Waals surface area (Å²) in [6, 6.07) is 0.556. The van der Waals surface area contributed by atoms with Crippen molar-refractivity contribution in [1.29, 1.82) is 0 Å². The van der Waals surface area contributed by atoms with Crippen LogP contribution in [0.3, 0.4) is 0 Å². The minimum atomic E-state index is 0.556. The number of hydrogen-bond acceptors (Lipinski definition) is 4. The van der Waals surface area contributed by atoms with Gasteiger partial charge < -0.3 is 10.2 Å². The van der Waals surface area contributed by atoms with E-state index >= 15 is 0 Å². The van der Waals surface area contributed by atoms with E-state index in [4.69, 9.17) is 0 Å². The second kappa shape index (κ2) is 4.01. The van der Waals surface area contributed by atoms with Crippen LogP contribution in [0.2, 0.25) is 0 Å².